The largest absolute Gasteiger partial charge is 0.376 e. The second kappa shape index (κ2) is 8.39. The van der Waals surface area contributed by atoms with Gasteiger partial charge in [0.05, 0.1) is 0 Å². The molecule has 4 rings (SSSR count). The van der Waals surface area contributed by atoms with Gasteiger partial charge in [0, 0.05) is 17.5 Å². The molecule has 0 unspecified atom stereocenters. The highest BCUT2D eigenvalue weighted by molar-refractivity contribution is 5.75. The monoisotopic (exact) mass is 394 g/mol. The van der Waals surface area contributed by atoms with Crippen molar-refractivity contribution in [3.05, 3.63) is 114 Å². The Morgan fingerprint density at radius 1 is 0.933 bits per heavy atom. The number of hydrogen-bond donors (Lipinski definition) is 3. The van der Waals surface area contributed by atoms with Gasteiger partial charge in [0.2, 0.25) is 5.82 Å². The average molecular weight is 394 g/mol. The second-order valence-electron chi connectivity index (χ2n) is 6.54. The van der Waals surface area contributed by atoms with E-state index >= 15 is 0 Å². The molecule has 0 bridgehead atoms. The Labute approximate surface area is 173 Å². The van der Waals surface area contributed by atoms with Crippen LogP contribution in [0.3, 0.4) is 0 Å². The third kappa shape index (κ3) is 3.55. The Bertz CT molecular complexity index is 1140. The number of benzene rings is 3. The van der Waals surface area contributed by atoms with Crippen LogP contribution in [-0.4, -0.2) is 25.7 Å². The van der Waals surface area contributed by atoms with E-state index in [1.165, 1.54) is 6.20 Å². The predicted molar refractivity (Wildman–Crippen MR) is 113 cm³/mol. The summed E-state index contributed by atoms with van der Waals surface area (Å²) in [5.74, 6) is 0.184. The number of nitrogens with one attached hydrogen (secondary N) is 2. The zero-order valence-electron chi connectivity index (χ0n) is 15.9. The van der Waals surface area contributed by atoms with Gasteiger partial charge < -0.3 is 10.4 Å². The Hall–Kier alpha value is -4.28. The fourth-order valence-electron chi connectivity index (χ4n) is 3.33. The predicted octanol–water partition coefficient (Wildman–Crippen LogP) is 3.46. The summed E-state index contributed by atoms with van der Waals surface area (Å²) in [6.07, 6.45) is 1.50. The molecule has 0 fully saturated rings. The summed E-state index contributed by atoms with van der Waals surface area (Å²) in [6, 6.07) is 28.4. The molecule has 0 aliphatic carbocycles. The van der Waals surface area contributed by atoms with Crippen molar-refractivity contribution < 1.29 is 5.11 Å². The lowest BCUT2D eigenvalue weighted by Gasteiger charge is -2.31. The van der Waals surface area contributed by atoms with Crippen LogP contribution in [0.15, 0.2) is 91.1 Å². The molecule has 0 aliphatic heterocycles. The van der Waals surface area contributed by atoms with E-state index in [4.69, 9.17) is 0 Å². The van der Waals surface area contributed by atoms with Gasteiger partial charge in [-0.1, -0.05) is 78.9 Å². The fraction of sp³-hybridized carbons (Fsp3) is 0.0435. The highest BCUT2D eigenvalue weighted by Crippen LogP contribution is 2.40. The highest BCUT2D eigenvalue weighted by atomic mass is 16.3. The number of nitrogens with zero attached hydrogens (tertiary/aromatic N) is 4. The molecule has 0 atom stereocenters. The van der Waals surface area contributed by atoms with Gasteiger partial charge >= 0.3 is 0 Å². The van der Waals surface area contributed by atoms with E-state index in [-0.39, 0.29) is 11.4 Å². The number of hydrogen-bond acceptors (Lipinski definition) is 6. The Balaban J connectivity index is 1.83. The molecule has 4 aromatic rings. The maximum absolute atomic E-state index is 12.0. The zero-order chi connectivity index (χ0) is 20.8. The number of aromatic amines is 1. The van der Waals surface area contributed by atoms with Crippen molar-refractivity contribution in [2.24, 2.45) is 0 Å². The number of allylic oxidation sites excluding steroid dienone is 1. The van der Waals surface area contributed by atoms with Crippen LogP contribution in [-0.2, 0) is 5.60 Å². The van der Waals surface area contributed by atoms with E-state index in [0.29, 0.717) is 11.3 Å². The SMILES string of the molecule is N#CC(=CNc1ccccc1C(O)(c1ccccc1)c1ccccc1)c1nn[nH]n1. The maximum Gasteiger partial charge on any atom is 0.216 e. The summed E-state index contributed by atoms with van der Waals surface area (Å²) in [5.41, 5.74) is 1.55. The van der Waals surface area contributed by atoms with Gasteiger partial charge in [0.1, 0.15) is 17.2 Å². The number of tetrazole rings is 1. The first-order valence-electron chi connectivity index (χ1n) is 9.27. The number of aliphatic hydroxyl groups is 1. The third-order valence-corrected chi connectivity index (χ3v) is 4.78. The summed E-state index contributed by atoms with van der Waals surface area (Å²) in [7, 11) is 0. The minimum Gasteiger partial charge on any atom is -0.376 e. The van der Waals surface area contributed by atoms with E-state index in [1.54, 1.807) is 0 Å². The van der Waals surface area contributed by atoms with Gasteiger partial charge in [-0.25, -0.2) is 0 Å². The molecule has 0 amide bonds. The molecule has 7 heteroatoms. The lowest BCUT2D eigenvalue weighted by Crippen LogP contribution is -2.29. The Morgan fingerprint density at radius 3 is 2.10 bits per heavy atom. The van der Waals surface area contributed by atoms with E-state index < -0.39 is 5.60 Å². The first-order valence-corrected chi connectivity index (χ1v) is 9.27. The molecule has 146 valence electrons. The van der Waals surface area contributed by atoms with E-state index in [0.717, 1.165) is 11.1 Å². The molecule has 0 aliphatic rings. The Kier molecular flexibility index (Phi) is 5.33. The fourth-order valence-corrected chi connectivity index (χ4v) is 3.33. The normalized spacial score (nSPS) is 11.7. The summed E-state index contributed by atoms with van der Waals surface area (Å²) in [5, 5.41) is 38.1. The summed E-state index contributed by atoms with van der Waals surface area (Å²) >= 11 is 0. The number of nitriles is 1. The molecule has 0 spiro atoms. The van der Waals surface area contributed by atoms with E-state index in [1.807, 2.05) is 91.0 Å². The van der Waals surface area contributed by atoms with Crippen LogP contribution in [0.5, 0.6) is 0 Å². The molecule has 0 radical (unpaired) electrons. The van der Waals surface area contributed by atoms with Crippen molar-refractivity contribution in [3.8, 4) is 6.07 Å². The summed E-state index contributed by atoms with van der Waals surface area (Å²) < 4.78 is 0. The molecule has 3 aromatic carbocycles. The standard InChI is InChI=1S/C23H18N6O/c24-15-17(22-26-28-29-27-22)16-25-21-14-8-7-13-20(21)23(30,18-9-3-1-4-10-18)19-11-5-2-6-12-19/h1-14,16,25,30H,(H,26,27,28,29). The van der Waals surface area contributed by atoms with Crippen molar-refractivity contribution >= 4 is 11.3 Å². The lowest BCUT2D eigenvalue weighted by molar-refractivity contribution is 0.126. The van der Waals surface area contributed by atoms with Gasteiger partial charge in [-0.2, -0.15) is 10.5 Å². The first kappa shape index (κ1) is 19.1. The molecule has 0 saturated heterocycles. The molecule has 0 saturated carbocycles. The van der Waals surface area contributed by atoms with Crippen LogP contribution in [0, 0.1) is 11.3 Å². The molecule has 30 heavy (non-hydrogen) atoms. The first-order chi connectivity index (χ1) is 14.7. The van der Waals surface area contributed by atoms with Crippen molar-refractivity contribution in [3.63, 3.8) is 0 Å². The van der Waals surface area contributed by atoms with Crippen LogP contribution in [0.4, 0.5) is 5.69 Å². The molecule has 3 N–H and O–H groups in total. The van der Waals surface area contributed by atoms with Gasteiger partial charge in [0.25, 0.3) is 0 Å². The Morgan fingerprint density at radius 2 is 1.53 bits per heavy atom. The van der Waals surface area contributed by atoms with Gasteiger partial charge in [0.15, 0.2) is 0 Å². The number of aromatic nitrogens is 4. The summed E-state index contributed by atoms with van der Waals surface area (Å²) in [6.45, 7) is 0. The van der Waals surface area contributed by atoms with Crippen molar-refractivity contribution in [1.82, 2.24) is 20.6 Å². The third-order valence-electron chi connectivity index (χ3n) is 4.78. The smallest absolute Gasteiger partial charge is 0.216 e. The minimum atomic E-state index is -1.40. The highest BCUT2D eigenvalue weighted by Gasteiger charge is 2.35. The van der Waals surface area contributed by atoms with Crippen LogP contribution in [0.25, 0.3) is 5.57 Å². The summed E-state index contributed by atoms with van der Waals surface area (Å²) in [4.78, 5) is 0. The van der Waals surface area contributed by atoms with Crippen LogP contribution in [0.1, 0.15) is 22.5 Å². The van der Waals surface area contributed by atoms with E-state index in [9.17, 15) is 10.4 Å². The second-order valence-corrected chi connectivity index (χ2v) is 6.54. The van der Waals surface area contributed by atoms with E-state index in [2.05, 4.69) is 25.9 Å². The van der Waals surface area contributed by atoms with Gasteiger partial charge in [-0.05, 0) is 22.4 Å². The van der Waals surface area contributed by atoms with Crippen molar-refractivity contribution in [2.75, 3.05) is 5.32 Å². The number of anilines is 1. The number of para-hydroxylation sites is 1. The maximum atomic E-state index is 12.0. The molecular formula is C23H18N6O. The topological polar surface area (TPSA) is 111 Å². The van der Waals surface area contributed by atoms with Crippen LogP contribution < -0.4 is 5.32 Å². The zero-order valence-corrected chi connectivity index (χ0v) is 15.9. The number of rotatable bonds is 6. The molecule has 1 aromatic heterocycles. The minimum absolute atomic E-state index is 0.184. The van der Waals surface area contributed by atoms with Crippen LogP contribution in [0.2, 0.25) is 0 Å². The average Bonchev–Trinajstić information content (AvgIpc) is 3.35. The quantitative estimate of drug-likeness (QED) is 0.341. The molecule has 7 nitrogen and oxygen atoms in total. The van der Waals surface area contributed by atoms with Gasteiger partial charge in [-0.3, -0.25) is 0 Å². The van der Waals surface area contributed by atoms with Crippen molar-refractivity contribution in [1.29, 1.82) is 5.26 Å². The van der Waals surface area contributed by atoms with Crippen LogP contribution >= 0.6 is 0 Å². The van der Waals surface area contributed by atoms with Crippen molar-refractivity contribution in [2.45, 2.75) is 5.60 Å². The lowest BCUT2D eigenvalue weighted by atomic mass is 9.79. The number of H-pyrrole nitrogens is 1. The molecule has 1 heterocycles. The van der Waals surface area contributed by atoms with Gasteiger partial charge in [-0.15, -0.1) is 10.2 Å². The molecular weight excluding hydrogens is 376 g/mol.